The van der Waals surface area contributed by atoms with E-state index in [2.05, 4.69) is 0 Å². The number of hydrogen-bond donors (Lipinski definition) is 4. The van der Waals surface area contributed by atoms with Gasteiger partial charge in [0.1, 0.15) is 24.6 Å². The number of allylic oxidation sites excluding steroid dienone is 1. The lowest BCUT2D eigenvalue weighted by atomic mass is 9.90. The van der Waals surface area contributed by atoms with Crippen molar-refractivity contribution in [3.8, 4) is 5.75 Å². The Morgan fingerprint density at radius 2 is 1.74 bits per heavy atom. The fraction of sp³-hybridized carbons (Fsp3) is 0.370. The lowest BCUT2D eigenvalue weighted by Crippen LogP contribution is -2.61. The SMILES string of the molecule is O=C(OC1C(O)C(CO)OC(Oc2ccccc2COC(=O)C2(O)C=CCCC2=O)C1O)c1ccccc1. The number of hydrogen-bond acceptors (Lipinski definition) is 11. The summed E-state index contributed by atoms with van der Waals surface area (Å²) < 4.78 is 21.9. The molecular formula is C27H28O11. The molecule has 4 N–H and O–H groups in total. The molecule has 0 aromatic heterocycles. The summed E-state index contributed by atoms with van der Waals surface area (Å²) in [6.45, 7) is -1.05. The third-order valence-corrected chi connectivity index (χ3v) is 6.28. The maximum atomic E-state index is 12.6. The summed E-state index contributed by atoms with van der Waals surface area (Å²) in [5.74, 6) is -2.51. The van der Waals surface area contributed by atoms with E-state index in [9.17, 15) is 34.8 Å². The zero-order valence-electron chi connectivity index (χ0n) is 20.2. The van der Waals surface area contributed by atoms with Crippen LogP contribution in [-0.4, -0.2) is 81.1 Å². The molecule has 1 aliphatic carbocycles. The molecule has 11 heteroatoms. The van der Waals surface area contributed by atoms with E-state index in [1.54, 1.807) is 36.4 Å². The molecule has 11 nitrogen and oxygen atoms in total. The van der Waals surface area contributed by atoms with Crippen LogP contribution in [0.3, 0.4) is 0 Å². The van der Waals surface area contributed by atoms with Crippen LogP contribution in [0.4, 0.5) is 0 Å². The zero-order valence-corrected chi connectivity index (χ0v) is 20.2. The van der Waals surface area contributed by atoms with E-state index < -0.39 is 60.6 Å². The predicted molar refractivity (Wildman–Crippen MR) is 129 cm³/mol. The fourth-order valence-electron chi connectivity index (χ4n) is 4.11. The molecule has 38 heavy (non-hydrogen) atoms. The average molecular weight is 529 g/mol. The van der Waals surface area contributed by atoms with Crippen molar-refractivity contribution in [2.45, 2.75) is 55.8 Å². The number of ketones is 1. The average Bonchev–Trinajstić information content (AvgIpc) is 2.93. The fourth-order valence-corrected chi connectivity index (χ4v) is 4.11. The van der Waals surface area contributed by atoms with Crippen molar-refractivity contribution in [3.63, 3.8) is 0 Å². The van der Waals surface area contributed by atoms with Crippen LogP contribution in [0.15, 0.2) is 66.7 Å². The Bertz CT molecular complexity index is 1180. The van der Waals surface area contributed by atoms with E-state index in [-0.39, 0.29) is 24.3 Å². The standard InChI is InChI=1S/C27H28O11/c28-14-19-21(30)23(38-24(32)16-8-2-1-3-9-16)22(31)25(37-19)36-18-11-5-4-10-17(18)15-35-26(33)27(34)13-7-6-12-20(27)29/h1-5,7-11,13,19,21-23,25,28,30-31,34H,6,12,14-15H2. The monoisotopic (exact) mass is 528 g/mol. The maximum Gasteiger partial charge on any atom is 0.350 e. The van der Waals surface area contributed by atoms with Gasteiger partial charge in [-0.1, -0.05) is 42.5 Å². The van der Waals surface area contributed by atoms with Crippen molar-refractivity contribution >= 4 is 17.7 Å². The first-order chi connectivity index (χ1) is 18.2. The summed E-state index contributed by atoms with van der Waals surface area (Å²) in [7, 11) is 0. The predicted octanol–water partition coefficient (Wildman–Crippen LogP) is 0.423. The van der Waals surface area contributed by atoms with Crippen LogP contribution in [0.1, 0.15) is 28.8 Å². The number of benzene rings is 2. The van der Waals surface area contributed by atoms with Gasteiger partial charge in [0.15, 0.2) is 18.0 Å². The van der Waals surface area contributed by atoms with Crippen LogP contribution in [0, 0.1) is 0 Å². The van der Waals surface area contributed by atoms with Crippen molar-refractivity contribution < 1.29 is 53.8 Å². The molecular weight excluding hydrogens is 500 g/mol. The highest BCUT2D eigenvalue weighted by Gasteiger charge is 2.48. The van der Waals surface area contributed by atoms with E-state index in [0.29, 0.717) is 12.0 Å². The van der Waals surface area contributed by atoms with E-state index in [4.69, 9.17) is 18.9 Å². The molecule has 0 amide bonds. The lowest BCUT2D eigenvalue weighted by molar-refractivity contribution is -0.277. The van der Waals surface area contributed by atoms with Crippen molar-refractivity contribution in [2.24, 2.45) is 0 Å². The quantitative estimate of drug-likeness (QED) is 0.213. The van der Waals surface area contributed by atoms with Gasteiger partial charge in [-0.3, -0.25) is 4.79 Å². The smallest absolute Gasteiger partial charge is 0.350 e. The van der Waals surface area contributed by atoms with Gasteiger partial charge in [-0.05, 0) is 30.7 Å². The molecule has 6 unspecified atom stereocenters. The van der Waals surface area contributed by atoms with Gasteiger partial charge in [-0.25, -0.2) is 9.59 Å². The highest BCUT2D eigenvalue weighted by Crippen LogP contribution is 2.29. The van der Waals surface area contributed by atoms with Crippen LogP contribution in [0.25, 0.3) is 0 Å². The Morgan fingerprint density at radius 1 is 1.03 bits per heavy atom. The second-order valence-electron chi connectivity index (χ2n) is 8.87. The molecule has 1 fully saturated rings. The lowest BCUT2D eigenvalue weighted by Gasteiger charge is -2.41. The summed E-state index contributed by atoms with van der Waals surface area (Å²) in [5.41, 5.74) is -1.87. The molecule has 0 bridgehead atoms. The topological polar surface area (TPSA) is 169 Å². The number of para-hydroxylation sites is 1. The number of rotatable bonds is 8. The van der Waals surface area contributed by atoms with Gasteiger partial charge in [0.25, 0.3) is 0 Å². The Hall–Kier alpha value is -3.61. The minimum atomic E-state index is -2.36. The molecule has 1 heterocycles. The largest absolute Gasteiger partial charge is 0.462 e. The van der Waals surface area contributed by atoms with Crippen molar-refractivity contribution in [1.29, 1.82) is 0 Å². The summed E-state index contributed by atoms with van der Waals surface area (Å²) in [4.78, 5) is 37.1. The van der Waals surface area contributed by atoms with Crippen molar-refractivity contribution in [1.82, 2.24) is 0 Å². The van der Waals surface area contributed by atoms with Crippen molar-refractivity contribution in [3.05, 3.63) is 77.9 Å². The zero-order chi connectivity index (χ0) is 27.3. The maximum absolute atomic E-state index is 12.6. The van der Waals surface area contributed by atoms with Gasteiger partial charge in [0.2, 0.25) is 11.9 Å². The Morgan fingerprint density at radius 3 is 2.45 bits per heavy atom. The first-order valence-corrected chi connectivity index (χ1v) is 12.0. The van der Waals surface area contributed by atoms with Crippen molar-refractivity contribution in [2.75, 3.05) is 6.61 Å². The third-order valence-electron chi connectivity index (χ3n) is 6.28. The van der Waals surface area contributed by atoms with Gasteiger partial charge in [-0.2, -0.15) is 0 Å². The van der Waals surface area contributed by atoms with Crippen LogP contribution in [0.2, 0.25) is 0 Å². The number of aliphatic hydroxyl groups excluding tert-OH is 3. The molecule has 0 spiro atoms. The molecule has 0 saturated carbocycles. The Balaban J connectivity index is 1.48. The second kappa shape index (κ2) is 11.8. The first-order valence-electron chi connectivity index (χ1n) is 12.0. The second-order valence-corrected chi connectivity index (χ2v) is 8.87. The Labute approximate surface area is 217 Å². The number of carbonyl (C=O) groups is 3. The summed E-state index contributed by atoms with van der Waals surface area (Å²) in [6.07, 6.45) is -4.41. The Kier molecular flexibility index (Phi) is 8.55. The number of carbonyl (C=O) groups excluding carboxylic acids is 3. The van der Waals surface area contributed by atoms with Gasteiger partial charge in [-0.15, -0.1) is 0 Å². The van der Waals surface area contributed by atoms with E-state index in [0.717, 1.165) is 6.08 Å². The highest BCUT2D eigenvalue weighted by molar-refractivity contribution is 6.09. The van der Waals surface area contributed by atoms with E-state index in [1.807, 2.05) is 0 Å². The van der Waals surface area contributed by atoms with E-state index >= 15 is 0 Å². The number of aliphatic hydroxyl groups is 4. The molecule has 2 aromatic rings. The summed E-state index contributed by atoms with van der Waals surface area (Å²) in [6, 6.07) is 14.2. The van der Waals surface area contributed by atoms with Gasteiger partial charge >= 0.3 is 11.9 Å². The number of Topliss-reactive ketones (excluding diaryl/α,β-unsaturated/α-hetero) is 1. The minimum absolute atomic E-state index is 0.00654. The highest BCUT2D eigenvalue weighted by atomic mass is 16.7. The molecule has 2 aromatic carbocycles. The first kappa shape index (κ1) is 27.4. The van der Waals surface area contributed by atoms with Gasteiger partial charge < -0.3 is 39.4 Å². The van der Waals surface area contributed by atoms with Crippen LogP contribution in [0.5, 0.6) is 5.75 Å². The van der Waals surface area contributed by atoms with Gasteiger partial charge in [0.05, 0.1) is 12.2 Å². The van der Waals surface area contributed by atoms with Crippen LogP contribution in [-0.2, 0) is 30.4 Å². The number of esters is 2. The van der Waals surface area contributed by atoms with Gasteiger partial charge in [0, 0.05) is 12.0 Å². The summed E-state index contributed by atoms with van der Waals surface area (Å²) in [5, 5.41) is 41.6. The van der Waals surface area contributed by atoms with Crippen LogP contribution < -0.4 is 4.74 Å². The minimum Gasteiger partial charge on any atom is -0.462 e. The molecule has 1 aliphatic heterocycles. The summed E-state index contributed by atoms with van der Waals surface area (Å²) >= 11 is 0. The normalized spacial score (nSPS) is 28.9. The molecule has 4 rings (SSSR count). The molecule has 2 aliphatic rings. The molecule has 6 atom stereocenters. The van der Waals surface area contributed by atoms with E-state index in [1.165, 1.54) is 24.3 Å². The molecule has 1 saturated heterocycles. The number of ether oxygens (including phenoxy) is 4. The third kappa shape index (κ3) is 5.77. The molecule has 202 valence electrons. The van der Waals surface area contributed by atoms with Crippen LogP contribution >= 0.6 is 0 Å². The molecule has 0 radical (unpaired) electrons.